The van der Waals surface area contributed by atoms with Gasteiger partial charge in [-0.1, -0.05) is 0 Å². The molecule has 0 bridgehead atoms. The molecule has 0 unspecified atom stereocenters. The van der Waals surface area contributed by atoms with E-state index in [9.17, 15) is 0 Å². The number of hydrogen-bond acceptors (Lipinski definition) is 3. The fourth-order valence-electron chi connectivity index (χ4n) is 1.49. The van der Waals surface area contributed by atoms with Gasteiger partial charge in [0.1, 0.15) is 0 Å². The molecule has 0 amide bonds. The summed E-state index contributed by atoms with van der Waals surface area (Å²) in [5, 5.41) is 5.20. The van der Waals surface area contributed by atoms with Crippen molar-refractivity contribution in [1.29, 1.82) is 0 Å². The second-order valence-corrected chi connectivity index (χ2v) is 3.13. The van der Waals surface area contributed by atoms with Crippen molar-refractivity contribution < 1.29 is 0 Å². The molecule has 0 spiro atoms. The third-order valence-corrected chi connectivity index (χ3v) is 2.14. The normalized spacial score (nSPS) is 11.0. The second-order valence-electron chi connectivity index (χ2n) is 3.13. The van der Waals surface area contributed by atoms with E-state index in [0.717, 1.165) is 22.3 Å². The van der Waals surface area contributed by atoms with Gasteiger partial charge in [0.05, 0.1) is 6.20 Å². The topological polar surface area (TPSA) is 56.7 Å². The number of nitrogens with two attached hydrogens (primary N) is 1. The highest BCUT2D eigenvalue weighted by molar-refractivity contribution is 5.78. The number of nitrogens with zero attached hydrogens (tertiary/aromatic N) is 3. The number of fused-ring (bicyclic) bond motifs is 1. The largest absolute Gasteiger partial charge is 0.326 e. The zero-order valence-corrected chi connectivity index (χ0v) is 7.78. The van der Waals surface area contributed by atoms with E-state index in [1.54, 1.807) is 4.68 Å². The number of hydrogen-bond donors (Lipinski definition) is 1. The van der Waals surface area contributed by atoms with Crippen molar-refractivity contribution in [1.82, 2.24) is 14.8 Å². The zero-order chi connectivity index (χ0) is 9.42. The number of rotatable bonds is 1. The highest BCUT2D eigenvalue weighted by Crippen LogP contribution is 2.16. The van der Waals surface area contributed by atoms with Crippen LogP contribution in [0.4, 0.5) is 0 Å². The van der Waals surface area contributed by atoms with E-state index in [1.165, 1.54) is 0 Å². The lowest BCUT2D eigenvalue weighted by atomic mass is 10.1. The molecule has 2 N–H and O–H groups in total. The van der Waals surface area contributed by atoms with Gasteiger partial charge in [0, 0.05) is 24.7 Å². The van der Waals surface area contributed by atoms with Gasteiger partial charge in [-0.2, -0.15) is 5.10 Å². The molecule has 2 aromatic heterocycles. The lowest BCUT2D eigenvalue weighted by Gasteiger charge is -2.01. The average Bonchev–Trinajstić information content (AvgIpc) is 2.47. The summed E-state index contributed by atoms with van der Waals surface area (Å²) in [5.41, 5.74) is 8.62. The smallest absolute Gasteiger partial charge is 0.158 e. The summed E-state index contributed by atoms with van der Waals surface area (Å²) in [4.78, 5) is 4.39. The second kappa shape index (κ2) is 2.81. The molecule has 0 radical (unpaired) electrons. The van der Waals surface area contributed by atoms with Crippen LogP contribution in [0.15, 0.2) is 12.3 Å². The van der Waals surface area contributed by atoms with Crippen molar-refractivity contribution >= 4 is 11.0 Å². The highest BCUT2D eigenvalue weighted by atomic mass is 15.3. The minimum absolute atomic E-state index is 0.533. The molecule has 0 fully saturated rings. The molecule has 68 valence electrons. The molecular formula is C9H12N4. The Morgan fingerprint density at radius 3 is 3.00 bits per heavy atom. The van der Waals surface area contributed by atoms with Crippen molar-refractivity contribution in [2.75, 3.05) is 0 Å². The van der Waals surface area contributed by atoms with E-state index in [2.05, 4.69) is 10.1 Å². The van der Waals surface area contributed by atoms with Crippen molar-refractivity contribution in [2.24, 2.45) is 12.8 Å². The number of pyridine rings is 1. The summed E-state index contributed by atoms with van der Waals surface area (Å²) in [5.74, 6) is 0. The van der Waals surface area contributed by atoms with Crippen LogP contribution in [0, 0.1) is 6.92 Å². The Balaban J connectivity index is 2.84. The Hall–Kier alpha value is -1.42. The van der Waals surface area contributed by atoms with Gasteiger partial charge >= 0.3 is 0 Å². The minimum Gasteiger partial charge on any atom is -0.326 e. The van der Waals surface area contributed by atoms with Crippen molar-refractivity contribution in [3.8, 4) is 0 Å². The molecule has 0 aliphatic rings. The van der Waals surface area contributed by atoms with Gasteiger partial charge in [-0.3, -0.25) is 4.68 Å². The molecule has 0 saturated heterocycles. The summed E-state index contributed by atoms with van der Waals surface area (Å²) >= 11 is 0. The van der Waals surface area contributed by atoms with Crippen LogP contribution in [0.3, 0.4) is 0 Å². The maximum Gasteiger partial charge on any atom is 0.158 e. The summed E-state index contributed by atoms with van der Waals surface area (Å²) < 4.78 is 1.77. The fraction of sp³-hybridized carbons (Fsp3) is 0.333. The van der Waals surface area contributed by atoms with Crippen molar-refractivity contribution in [3.63, 3.8) is 0 Å². The molecule has 2 rings (SSSR count). The van der Waals surface area contributed by atoms with Gasteiger partial charge in [0.15, 0.2) is 5.65 Å². The van der Waals surface area contributed by atoms with E-state index in [1.807, 2.05) is 26.2 Å². The molecule has 0 aromatic carbocycles. The molecule has 2 heterocycles. The molecular weight excluding hydrogens is 164 g/mol. The first-order chi connectivity index (χ1) is 6.22. The van der Waals surface area contributed by atoms with Crippen LogP contribution in [0.5, 0.6) is 0 Å². The first kappa shape index (κ1) is 8.19. The van der Waals surface area contributed by atoms with E-state index >= 15 is 0 Å². The van der Waals surface area contributed by atoms with E-state index < -0.39 is 0 Å². The lowest BCUT2D eigenvalue weighted by Crippen LogP contribution is -2.00. The molecule has 13 heavy (non-hydrogen) atoms. The summed E-state index contributed by atoms with van der Waals surface area (Å²) in [6.07, 6.45) is 1.81. The molecule has 2 aromatic rings. The Morgan fingerprint density at radius 2 is 2.31 bits per heavy atom. The van der Waals surface area contributed by atoms with Crippen LogP contribution in [0.2, 0.25) is 0 Å². The minimum atomic E-state index is 0.533. The van der Waals surface area contributed by atoms with E-state index in [0.29, 0.717) is 6.54 Å². The molecule has 0 atom stereocenters. The fourth-order valence-corrected chi connectivity index (χ4v) is 1.49. The standard InChI is InChI=1S/C9H12N4/c1-6-3-7(4-10)8-5-11-13(2)9(8)12-6/h3,5H,4,10H2,1-2H3. The first-order valence-corrected chi connectivity index (χ1v) is 4.20. The van der Waals surface area contributed by atoms with Crippen LogP contribution in [-0.2, 0) is 13.6 Å². The van der Waals surface area contributed by atoms with Crippen LogP contribution in [0.1, 0.15) is 11.3 Å². The molecule has 4 heteroatoms. The Morgan fingerprint density at radius 1 is 1.54 bits per heavy atom. The average molecular weight is 176 g/mol. The maximum atomic E-state index is 5.63. The Bertz CT molecular complexity index is 444. The predicted molar refractivity (Wildman–Crippen MR) is 51.1 cm³/mol. The first-order valence-electron chi connectivity index (χ1n) is 4.20. The van der Waals surface area contributed by atoms with Crippen LogP contribution < -0.4 is 5.73 Å². The third kappa shape index (κ3) is 1.19. The van der Waals surface area contributed by atoms with E-state index in [4.69, 9.17) is 5.73 Å². The number of aryl methyl sites for hydroxylation is 2. The van der Waals surface area contributed by atoms with Gasteiger partial charge in [-0.25, -0.2) is 4.98 Å². The van der Waals surface area contributed by atoms with Gasteiger partial charge in [0.2, 0.25) is 0 Å². The molecule has 0 aliphatic carbocycles. The highest BCUT2D eigenvalue weighted by Gasteiger charge is 2.05. The summed E-state index contributed by atoms with van der Waals surface area (Å²) in [7, 11) is 1.88. The van der Waals surface area contributed by atoms with E-state index in [-0.39, 0.29) is 0 Å². The monoisotopic (exact) mass is 176 g/mol. The van der Waals surface area contributed by atoms with Gasteiger partial charge < -0.3 is 5.73 Å². The van der Waals surface area contributed by atoms with Crippen LogP contribution in [-0.4, -0.2) is 14.8 Å². The molecule has 4 nitrogen and oxygen atoms in total. The van der Waals surface area contributed by atoms with Gasteiger partial charge in [-0.05, 0) is 18.6 Å². The Labute approximate surface area is 76.4 Å². The lowest BCUT2D eigenvalue weighted by molar-refractivity contribution is 0.784. The quantitative estimate of drug-likeness (QED) is 0.697. The number of aromatic nitrogens is 3. The summed E-state index contributed by atoms with van der Waals surface area (Å²) in [6, 6.07) is 2.00. The van der Waals surface area contributed by atoms with Gasteiger partial charge in [0.25, 0.3) is 0 Å². The zero-order valence-electron chi connectivity index (χ0n) is 7.78. The van der Waals surface area contributed by atoms with Crippen LogP contribution >= 0.6 is 0 Å². The van der Waals surface area contributed by atoms with Crippen molar-refractivity contribution in [3.05, 3.63) is 23.5 Å². The van der Waals surface area contributed by atoms with Crippen LogP contribution in [0.25, 0.3) is 11.0 Å². The van der Waals surface area contributed by atoms with Crippen molar-refractivity contribution in [2.45, 2.75) is 13.5 Å². The van der Waals surface area contributed by atoms with Gasteiger partial charge in [-0.15, -0.1) is 0 Å². The predicted octanol–water partition coefficient (Wildman–Crippen LogP) is 0.735. The summed E-state index contributed by atoms with van der Waals surface area (Å²) in [6.45, 7) is 2.50. The Kier molecular flexibility index (Phi) is 1.77. The molecule has 0 saturated carbocycles. The SMILES string of the molecule is Cc1cc(CN)c2cnn(C)c2n1. The maximum absolute atomic E-state index is 5.63. The molecule has 0 aliphatic heterocycles. The third-order valence-electron chi connectivity index (χ3n) is 2.14.